The number of rotatable bonds is 0. The summed E-state index contributed by atoms with van der Waals surface area (Å²) in [5.41, 5.74) is 1.78. The molecule has 0 aliphatic rings. The minimum atomic E-state index is 0.641. The van der Waals surface area contributed by atoms with E-state index in [1.807, 2.05) is 19.2 Å². The molecule has 4 heteroatoms. The zero-order valence-electron chi connectivity index (χ0n) is 5.95. The van der Waals surface area contributed by atoms with E-state index in [0.29, 0.717) is 10.7 Å². The molecule has 0 aromatic carbocycles. The van der Waals surface area contributed by atoms with Crippen molar-refractivity contribution < 1.29 is 0 Å². The van der Waals surface area contributed by atoms with Gasteiger partial charge in [-0.05, 0) is 18.6 Å². The second kappa shape index (κ2) is 2.20. The number of fused-ring (bicyclic) bond motifs is 1. The van der Waals surface area contributed by atoms with Gasteiger partial charge in [0.25, 0.3) is 0 Å². The normalized spacial score (nSPS) is 10.7. The second-order valence-electron chi connectivity index (χ2n) is 2.39. The van der Waals surface area contributed by atoms with Crippen LogP contribution in [-0.2, 0) is 0 Å². The topological polar surface area (TPSA) is 30.2 Å². The van der Waals surface area contributed by atoms with Crippen molar-refractivity contribution in [3.05, 3.63) is 29.2 Å². The van der Waals surface area contributed by atoms with Crippen LogP contribution in [-0.4, -0.2) is 14.6 Å². The van der Waals surface area contributed by atoms with Gasteiger partial charge in [-0.15, -0.1) is 0 Å². The number of halogens is 1. The maximum absolute atomic E-state index is 5.88. The lowest BCUT2D eigenvalue weighted by Gasteiger charge is -1.95. The van der Waals surface area contributed by atoms with Crippen molar-refractivity contribution in [1.29, 1.82) is 0 Å². The van der Waals surface area contributed by atoms with Crippen LogP contribution in [0.15, 0.2) is 18.6 Å². The lowest BCUT2D eigenvalue weighted by atomic mass is 10.3. The Morgan fingerprint density at radius 1 is 1.55 bits per heavy atom. The van der Waals surface area contributed by atoms with Gasteiger partial charge in [0, 0.05) is 6.20 Å². The Morgan fingerprint density at radius 3 is 3.18 bits per heavy atom. The summed E-state index contributed by atoms with van der Waals surface area (Å²) in [5, 5.41) is 4.60. The fourth-order valence-corrected chi connectivity index (χ4v) is 1.32. The summed E-state index contributed by atoms with van der Waals surface area (Å²) in [5.74, 6) is 0. The van der Waals surface area contributed by atoms with Gasteiger partial charge in [0.15, 0.2) is 5.65 Å². The summed E-state index contributed by atoms with van der Waals surface area (Å²) in [6, 6.07) is 1.87. The molecule has 0 aliphatic carbocycles. The Balaban J connectivity index is 2.91. The third-order valence-electron chi connectivity index (χ3n) is 1.47. The van der Waals surface area contributed by atoms with Crippen LogP contribution in [0.1, 0.15) is 5.56 Å². The lowest BCUT2D eigenvalue weighted by molar-refractivity contribution is 0.952. The van der Waals surface area contributed by atoms with Gasteiger partial charge in [-0.3, -0.25) is 0 Å². The monoisotopic (exact) mass is 167 g/mol. The van der Waals surface area contributed by atoms with Crippen LogP contribution in [0.5, 0.6) is 0 Å². The SMILES string of the molecule is Cc1cc(Cl)c2ncnn2c1. The highest BCUT2D eigenvalue weighted by molar-refractivity contribution is 6.33. The maximum Gasteiger partial charge on any atom is 0.173 e. The molecule has 11 heavy (non-hydrogen) atoms. The van der Waals surface area contributed by atoms with E-state index in [4.69, 9.17) is 11.6 Å². The Morgan fingerprint density at radius 2 is 2.36 bits per heavy atom. The van der Waals surface area contributed by atoms with Gasteiger partial charge in [-0.2, -0.15) is 5.10 Å². The highest BCUT2D eigenvalue weighted by Crippen LogP contribution is 2.15. The summed E-state index contributed by atoms with van der Waals surface area (Å²) < 4.78 is 1.66. The fraction of sp³-hybridized carbons (Fsp3) is 0.143. The van der Waals surface area contributed by atoms with E-state index in [-0.39, 0.29) is 0 Å². The highest BCUT2D eigenvalue weighted by atomic mass is 35.5. The molecular formula is C7H6ClN3. The van der Waals surface area contributed by atoms with E-state index in [1.54, 1.807) is 4.52 Å². The number of hydrogen-bond donors (Lipinski definition) is 0. The molecule has 0 saturated heterocycles. The van der Waals surface area contributed by atoms with Gasteiger partial charge in [0.1, 0.15) is 6.33 Å². The number of pyridine rings is 1. The minimum absolute atomic E-state index is 0.641. The molecule has 0 radical (unpaired) electrons. The van der Waals surface area contributed by atoms with Crippen LogP contribution < -0.4 is 0 Å². The van der Waals surface area contributed by atoms with Crippen LogP contribution >= 0.6 is 11.6 Å². The first kappa shape index (κ1) is 6.61. The molecule has 0 fully saturated rings. The quantitative estimate of drug-likeness (QED) is 0.598. The molecule has 0 aliphatic heterocycles. The smallest absolute Gasteiger partial charge is 0.173 e. The molecule has 0 N–H and O–H groups in total. The Bertz CT molecular complexity index is 393. The van der Waals surface area contributed by atoms with Gasteiger partial charge in [0.2, 0.25) is 0 Å². The third kappa shape index (κ3) is 0.973. The van der Waals surface area contributed by atoms with Crippen molar-refractivity contribution in [3.8, 4) is 0 Å². The Labute approximate surface area is 68.6 Å². The summed E-state index contributed by atoms with van der Waals surface area (Å²) in [6.45, 7) is 1.97. The second-order valence-corrected chi connectivity index (χ2v) is 2.80. The molecule has 56 valence electrons. The molecular weight excluding hydrogens is 162 g/mol. The van der Waals surface area contributed by atoms with Crippen LogP contribution in [0.4, 0.5) is 0 Å². The van der Waals surface area contributed by atoms with E-state index in [2.05, 4.69) is 10.1 Å². The van der Waals surface area contributed by atoms with E-state index < -0.39 is 0 Å². The maximum atomic E-state index is 5.88. The van der Waals surface area contributed by atoms with E-state index in [9.17, 15) is 0 Å². The molecule has 0 atom stereocenters. The summed E-state index contributed by atoms with van der Waals surface area (Å²) in [4.78, 5) is 3.98. The van der Waals surface area contributed by atoms with Crippen LogP contribution in [0, 0.1) is 6.92 Å². The Kier molecular flexibility index (Phi) is 1.32. The largest absolute Gasteiger partial charge is 0.219 e. The van der Waals surface area contributed by atoms with Crippen molar-refractivity contribution in [2.75, 3.05) is 0 Å². The van der Waals surface area contributed by atoms with Crippen molar-refractivity contribution in [1.82, 2.24) is 14.6 Å². The van der Waals surface area contributed by atoms with Crippen molar-refractivity contribution >= 4 is 17.2 Å². The predicted molar refractivity (Wildman–Crippen MR) is 42.7 cm³/mol. The molecule has 0 spiro atoms. The van der Waals surface area contributed by atoms with Crippen LogP contribution in [0.2, 0.25) is 5.02 Å². The van der Waals surface area contributed by atoms with Gasteiger partial charge >= 0.3 is 0 Å². The Hall–Kier alpha value is -1.09. The van der Waals surface area contributed by atoms with Gasteiger partial charge in [-0.1, -0.05) is 11.6 Å². The number of hydrogen-bond acceptors (Lipinski definition) is 2. The average molecular weight is 168 g/mol. The molecule has 0 saturated carbocycles. The lowest BCUT2D eigenvalue weighted by Crippen LogP contribution is -1.88. The van der Waals surface area contributed by atoms with Crippen molar-refractivity contribution in [3.63, 3.8) is 0 Å². The zero-order valence-corrected chi connectivity index (χ0v) is 6.71. The number of aromatic nitrogens is 3. The van der Waals surface area contributed by atoms with Crippen molar-refractivity contribution in [2.24, 2.45) is 0 Å². The fourth-order valence-electron chi connectivity index (χ4n) is 1.01. The molecule has 0 amide bonds. The van der Waals surface area contributed by atoms with Crippen LogP contribution in [0.3, 0.4) is 0 Å². The predicted octanol–water partition coefficient (Wildman–Crippen LogP) is 1.69. The zero-order chi connectivity index (χ0) is 7.84. The van der Waals surface area contributed by atoms with Gasteiger partial charge in [0.05, 0.1) is 5.02 Å². The number of nitrogens with zero attached hydrogens (tertiary/aromatic N) is 3. The van der Waals surface area contributed by atoms with Crippen LogP contribution in [0.25, 0.3) is 5.65 Å². The molecule has 2 aromatic heterocycles. The summed E-state index contributed by atoms with van der Waals surface area (Å²) in [6.07, 6.45) is 3.37. The average Bonchev–Trinajstić information content (AvgIpc) is 2.34. The van der Waals surface area contributed by atoms with E-state index in [1.165, 1.54) is 6.33 Å². The first-order valence-corrected chi connectivity index (χ1v) is 3.60. The molecule has 0 bridgehead atoms. The molecule has 3 nitrogen and oxygen atoms in total. The molecule has 2 aromatic rings. The van der Waals surface area contributed by atoms with E-state index >= 15 is 0 Å². The first-order valence-electron chi connectivity index (χ1n) is 3.23. The minimum Gasteiger partial charge on any atom is -0.219 e. The summed E-state index contributed by atoms with van der Waals surface area (Å²) >= 11 is 5.88. The third-order valence-corrected chi connectivity index (χ3v) is 1.75. The number of aryl methyl sites for hydroxylation is 1. The highest BCUT2D eigenvalue weighted by Gasteiger charge is 2.00. The summed E-state index contributed by atoms with van der Waals surface area (Å²) in [7, 11) is 0. The van der Waals surface area contributed by atoms with Gasteiger partial charge < -0.3 is 0 Å². The van der Waals surface area contributed by atoms with Gasteiger partial charge in [-0.25, -0.2) is 9.50 Å². The molecule has 2 rings (SSSR count). The molecule has 0 unspecified atom stereocenters. The molecule has 2 heterocycles. The van der Waals surface area contributed by atoms with E-state index in [0.717, 1.165) is 5.56 Å². The van der Waals surface area contributed by atoms with Crippen molar-refractivity contribution in [2.45, 2.75) is 6.92 Å². The first-order chi connectivity index (χ1) is 5.27. The standard InChI is InChI=1S/C7H6ClN3/c1-5-2-6(8)7-9-4-10-11(7)3-5/h2-4H,1H3.